The van der Waals surface area contributed by atoms with Crippen molar-refractivity contribution in [2.75, 3.05) is 17.6 Å². The molecule has 1 fully saturated rings. The summed E-state index contributed by atoms with van der Waals surface area (Å²) in [6.07, 6.45) is -5.72. The van der Waals surface area contributed by atoms with Gasteiger partial charge in [-0.15, -0.1) is 0 Å². The Bertz CT molecular complexity index is 1160. The zero-order valence-electron chi connectivity index (χ0n) is 18.9. The largest absolute Gasteiger partial charge is 0.478 e. The van der Waals surface area contributed by atoms with Crippen molar-refractivity contribution in [3.63, 3.8) is 0 Å². The molecule has 2 aromatic carbocycles. The molecule has 4 unspecified atom stereocenters. The fraction of sp³-hybridized carbons (Fsp3) is 0.409. The molecule has 0 saturated carbocycles. The van der Waals surface area contributed by atoms with Crippen molar-refractivity contribution in [1.82, 2.24) is 5.32 Å². The van der Waals surface area contributed by atoms with Crippen LogP contribution in [-0.2, 0) is 14.8 Å². The summed E-state index contributed by atoms with van der Waals surface area (Å²) >= 11 is 0. The SMILES string of the molecule is CC(O)NC1C(O)[C@@H](O)C(CO)O[C@H]1Oc1cccc(C(=O)O)c1-c1cccc(NS(C)(=O)=O)c1. The minimum absolute atomic E-state index is 0.00378. The van der Waals surface area contributed by atoms with Crippen LogP contribution in [0.4, 0.5) is 5.69 Å². The number of hydrogen-bond acceptors (Lipinski definition) is 10. The molecule has 192 valence electrons. The molecule has 6 atom stereocenters. The predicted octanol–water partition coefficient (Wildman–Crippen LogP) is -0.462. The number of carbonyl (C=O) groups is 1. The number of carboxylic acids is 1. The second-order valence-corrected chi connectivity index (χ2v) is 9.88. The van der Waals surface area contributed by atoms with Crippen LogP contribution < -0.4 is 14.8 Å². The molecule has 35 heavy (non-hydrogen) atoms. The van der Waals surface area contributed by atoms with Crippen LogP contribution in [-0.4, -0.2) is 89.7 Å². The highest BCUT2D eigenvalue weighted by Crippen LogP contribution is 2.37. The first-order valence-electron chi connectivity index (χ1n) is 10.6. The molecule has 1 aliphatic rings. The number of hydrogen-bond donors (Lipinski definition) is 7. The third-order valence-corrected chi connectivity index (χ3v) is 5.88. The van der Waals surface area contributed by atoms with Gasteiger partial charge in [0.25, 0.3) is 0 Å². The molecule has 3 rings (SSSR count). The average Bonchev–Trinajstić information content (AvgIpc) is 2.77. The molecule has 0 bridgehead atoms. The fourth-order valence-electron chi connectivity index (χ4n) is 3.82. The Morgan fingerprint density at radius 3 is 2.46 bits per heavy atom. The number of aliphatic hydroxyl groups is 4. The lowest BCUT2D eigenvalue weighted by atomic mass is 9.96. The van der Waals surface area contributed by atoms with Crippen molar-refractivity contribution in [1.29, 1.82) is 0 Å². The molecule has 13 heteroatoms. The van der Waals surface area contributed by atoms with Crippen LogP contribution in [0.2, 0.25) is 0 Å². The van der Waals surface area contributed by atoms with Gasteiger partial charge in [0.15, 0.2) is 0 Å². The summed E-state index contributed by atoms with van der Waals surface area (Å²) in [7, 11) is -3.60. The predicted molar refractivity (Wildman–Crippen MR) is 124 cm³/mol. The highest BCUT2D eigenvalue weighted by atomic mass is 32.2. The van der Waals surface area contributed by atoms with E-state index in [9.17, 15) is 38.7 Å². The lowest BCUT2D eigenvalue weighted by Gasteiger charge is -2.43. The Labute approximate surface area is 201 Å². The van der Waals surface area contributed by atoms with Crippen LogP contribution >= 0.6 is 0 Å². The number of benzene rings is 2. The lowest BCUT2D eigenvalue weighted by molar-refractivity contribution is -0.248. The van der Waals surface area contributed by atoms with Crippen molar-refractivity contribution < 1.29 is 48.2 Å². The molecule has 12 nitrogen and oxygen atoms in total. The Hall–Kier alpha value is -2.78. The molecule has 1 saturated heterocycles. The molecule has 0 aromatic heterocycles. The topological polar surface area (TPSA) is 195 Å². The normalized spacial score (nSPS) is 25.6. The van der Waals surface area contributed by atoms with E-state index in [0.29, 0.717) is 5.56 Å². The number of sulfonamides is 1. The van der Waals surface area contributed by atoms with Crippen molar-refractivity contribution >= 4 is 21.7 Å². The van der Waals surface area contributed by atoms with Gasteiger partial charge in [-0.05, 0) is 36.8 Å². The molecule has 2 aromatic rings. The van der Waals surface area contributed by atoms with Gasteiger partial charge >= 0.3 is 5.97 Å². The number of ether oxygens (including phenoxy) is 2. The smallest absolute Gasteiger partial charge is 0.336 e. The van der Waals surface area contributed by atoms with E-state index in [1.807, 2.05) is 0 Å². The van der Waals surface area contributed by atoms with Crippen molar-refractivity contribution in [3.05, 3.63) is 48.0 Å². The molecule has 0 spiro atoms. The summed E-state index contributed by atoms with van der Waals surface area (Å²) < 4.78 is 37.2. The number of anilines is 1. The Kier molecular flexibility index (Phi) is 8.33. The zero-order valence-corrected chi connectivity index (χ0v) is 19.7. The second-order valence-electron chi connectivity index (χ2n) is 8.13. The molecule has 0 radical (unpaired) electrons. The summed E-state index contributed by atoms with van der Waals surface area (Å²) in [4.78, 5) is 12.0. The summed E-state index contributed by atoms with van der Waals surface area (Å²) in [6.45, 7) is 0.742. The highest BCUT2D eigenvalue weighted by molar-refractivity contribution is 7.92. The maximum absolute atomic E-state index is 12.0. The minimum atomic E-state index is -3.60. The van der Waals surface area contributed by atoms with Gasteiger partial charge in [0.05, 0.1) is 18.4 Å². The molecule has 0 amide bonds. The van der Waals surface area contributed by atoms with Crippen molar-refractivity contribution in [3.8, 4) is 16.9 Å². The first kappa shape index (κ1) is 26.8. The van der Waals surface area contributed by atoms with E-state index in [4.69, 9.17) is 9.47 Å². The van der Waals surface area contributed by atoms with Crippen LogP contribution in [0.1, 0.15) is 17.3 Å². The Morgan fingerprint density at radius 2 is 1.86 bits per heavy atom. The Balaban J connectivity index is 2.08. The van der Waals surface area contributed by atoms with Gasteiger partial charge < -0.3 is 35.0 Å². The van der Waals surface area contributed by atoms with Gasteiger partial charge in [0.1, 0.15) is 36.3 Å². The number of aliphatic hydroxyl groups excluding tert-OH is 4. The van der Waals surface area contributed by atoms with Crippen LogP contribution in [0.3, 0.4) is 0 Å². The zero-order chi connectivity index (χ0) is 25.9. The number of carboxylic acid groups (broad SMARTS) is 1. The third kappa shape index (κ3) is 6.46. The first-order chi connectivity index (χ1) is 16.4. The van der Waals surface area contributed by atoms with Crippen LogP contribution in [0.5, 0.6) is 5.75 Å². The second kappa shape index (κ2) is 10.9. The van der Waals surface area contributed by atoms with Crippen molar-refractivity contribution in [2.24, 2.45) is 0 Å². The molecule has 7 N–H and O–H groups in total. The highest BCUT2D eigenvalue weighted by Gasteiger charge is 2.46. The van der Waals surface area contributed by atoms with Gasteiger partial charge in [-0.3, -0.25) is 10.0 Å². The summed E-state index contributed by atoms with van der Waals surface area (Å²) in [5.74, 6) is -1.28. The van der Waals surface area contributed by atoms with Crippen molar-refractivity contribution in [2.45, 2.75) is 43.8 Å². The van der Waals surface area contributed by atoms with Gasteiger partial charge in [-0.2, -0.15) is 0 Å². The lowest BCUT2D eigenvalue weighted by Crippen LogP contribution is -2.65. The summed E-state index contributed by atoms with van der Waals surface area (Å²) in [5, 5.41) is 52.5. The maximum Gasteiger partial charge on any atom is 0.336 e. The van der Waals surface area contributed by atoms with E-state index >= 15 is 0 Å². The summed E-state index contributed by atoms with van der Waals surface area (Å²) in [5.41, 5.74) is 0.436. The third-order valence-electron chi connectivity index (χ3n) is 5.27. The quantitative estimate of drug-likeness (QED) is 0.215. The summed E-state index contributed by atoms with van der Waals surface area (Å²) in [6, 6.07) is 9.06. The van der Waals surface area contributed by atoms with E-state index in [0.717, 1.165) is 6.26 Å². The Morgan fingerprint density at radius 1 is 1.17 bits per heavy atom. The first-order valence-corrected chi connectivity index (χ1v) is 12.5. The molecule has 0 aliphatic carbocycles. The molecule has 1 heterocycles. The maximum atomic E-state index is 12.0. The van der Waals surface area contributed by atoms with E-state index in [-0.39, 0.29) is 22.6 Å². The van der Waals surface area contributed by atoms with Gasteiger partial charge in [-0.25, -0.2) is 13.2 Å². The number of nitrogens with one attached hydrogen (secondary N) is 2. The molecular weight excluding hydrogens is 484 g/mol. The standard InChI is InChI=1S/C22H28N2O10S/c1-11(26)23-18-20(28)19(27)16(10-25)34-22(18)33-15-8-4-7-14(21(29)30)17(15)12-5-3-6-13(9-12)24-35(2,31)32/h3-9,11,16,18-20,22-28H,10H2,1-2H3,(H,29,30)/t11?,16?,18?,19-,20?,22+/m0/s1. The number of aromatic carboxylic acids is 1. The van der Waals surface area contributed by atoms with Gasteiger partial charge in [-0.1, -0.05) is 18.2 Å². The van der Waals surface area contributed by atoms with Gasteiger partial charge in [0, 0.05) is 11.3 Å². The van der Waals surface area contributed by atoms with Crippen LogP contribution in [0.25, 0.3) is 11.1 Å². The van der Waals surface area contributed by atoms with E-state index in [1.165, 1.54) is 43.3 Å². The average molecular weight is 513 g/mol. The van der Waals surface area contributed by atoms with Gasteiger partial charge in [0.2, 0.25) is 16.3 Å². The molecular formula is C22H28N2O10S. The van der Waals surface area contributed by atoms with Crippen LogP contribution in [0.15, 0.2) is 42.5 Å². The number of rotatable bonds is 9. The molecule has 1 aliphatic heterocycles. The fourth-order valence-corrected chi connectivity index (χ4v) is 4.38. The minimum Gasteiger partial charge on any atom is -0.478 e. The monoisotopic (exact) mass is 512 g/mol. The van der Waals surface area contributed by atoms with E-state index < -0.39 is 59.5 Å². The van der Waals surface area contributed by atoms with E-state index in [1.54, 1.807) is 6.07 Å². The van der Waals surface area contributed by atoms with E-state index in [2.05, 4.69) is 10.0 Å². The van der Waals surface area contributed by atoms with Crippen LogP contribution in [0, 0.1) is 0 Å².